The van der Waals surface area contributed by atoms with Gasteiger partial charge in [-0.25, -0.2) is 4.98 Å². The summed E-state index contributed by atoms with van der Waals surface area (Å²) >= 11 is 1.74. The molecule has 0 atom stereocenters. The molecule has 0 aliphatic heterocycles. The molecule has 0 aliphatic rings. The molecule has 4 heteroatoms. The van der Waals surface area contributed by atoms with Crippen LogP contribution in [0.4, 0.5) is 0 Å². The van der Waals surface area contributed by atoms with Crippen molar-refractivity contribution in [2.45, 2.75) is 33.0 Å². The summed E-state index contributed by atoms with van der Waals surface area (Å²) in [5.41, 5.74) is 2.61. The molecule has 16 heavy (non-hydrogen) atoms. The van der Waals surface area contributed by atoms with Crippen molar-refractivity contribution in [3.05, 3.63) is 40.6 Å². The Labute approximate surface area is 100 Å². The highest BCUT2D eigenvalue weighted by Gasteiger charge is 2.00. The second kappa shape index (κ2) is 5.82. The fraction of sp³-hybridized carbons (Fsp3) is 0.417. The maximum absolute atomic E-state index is 4.18. The van der Waals surface area contributed by atoms with Crippen molar-refractivity contribution in [2.24, 2.45) is 0 Å². The fourth-order valence-electron chi connectivity index (χ4n) is 1.67. The van der Waals surface area contributed by atoms with Gasteiger partial charge in [-0.1, -0.05) is 6.92 Å². The zero-order valence-electron chi connectivity index (χ0n) is 9.52. The molecular formula is C12H17N3S. The minimum Gasteiger partial charge on any atom is -0.333 e. The summed E-state index contributed by atoms with van der Waals surface area (Å²) in [7, 11) is 0. The van der Waals surface area contributed by atoms with Crippen LogP contribution in [0.3, 0.4) is 0 Å². The third-order valence-corrected chi connectivity index (χ3v) is 3.21. The maximum Gasteiger partial charge on any atom is 0.0948 e. The Hall–Kier alpha value is -1.13. The quantitative estimate of drug-likeness (QED) is 0.834. The summed E-state index contributed by atoms with van der Waals surface area (Å²) in [6.45, 7) is 5.05. The lowest BCUT2D eigenvalue weighted by Gasteiger charge is -2.07. The van der Waals surface area contributed by atoms with E-state index in [9.17, 15) is 0 Å². The Bertz CT molecular complexity index is 406. The van der Waals surface area contributed by atoms with Crippen molar-refractivity contribution in [1.29, 1.82) is 0 Å². The van der Waals surface area contributed by atoms with Crippen LogP contribution in [0.5, 0.6) is 0 Å². The second-order valence-corrected chi connectivity index (χ2v) is 4.59. The molecule has 0 fully saturated rings. The van der Waals surface area contributed by atoms with E-state index in [-0.39, 0.29) is 0 Å². The maximum atomic E-state index is 4.18. The molecule has 3 nitrogen and oxygen atoms in total. The predicted molar refractivity (Wildman–Crippen MR) is 67.4 cm³/mol. The molecular weight excluding hydrogens is 218 g/mol. The summed E-state index contributed by atoms with van der Waals surface area (Å²) < 4.78 is 2.21. The monoisotopic (exact) mass is 235 g/mol. The molecule has 2 aromatic rings. The van der Waals surface area contributed by atoms with Gasteiger partial charge in [0.1, 0.15) is 0 Å². The average Bonchev–Trinajstić information content (AvgIpc) is 2.91. The van der Waals surface area contributed by atoms with Gasteiger partial charge in [0.15, 0.2) is 0 Å². The van der Waals surface area contributed by atoms with E-state index in [1.165, 1.54) is 11.3 Å². The third-order valence-electron chi connectivity index (χ3n) is 2.48. The van der Waals surface area contributed by atoms with Gasteiger partial charge in [-0.15, -0.1) is 0 Å². The first-order valence-corrected chi connectivity index (χ1v) is 6.55. The van der Waals surface area contributed by atoms with Crippen LogP contribution in [0.1, 0.15) is 24.6 Å². The van der Waals surface area contributed by atoms with Crippen molar-refractivity contribution in [3.8, 4) is 0 Å². The van der Waals surface area contributed by atoms with Gasteiger partial charge in [0.2, 0.25) is 0 Å². The van der Waals surface area contributed by atoms with Crippen molar-refractivity contribution < 1.29 is 0 Å². The fourth-order valence-corrected chi connectivity index (χ4v) is 2.33. The lowest BCUT2D eigenvalue weighted by atomic mass is 10.3. The predicted octanol–water partition coefficient (Wildman–Crippen LogP) is 2.64. The van der Waals surface area contributed by atoms with Crippen LogP contribution in [-0.4, -0.2) is 9.55 Å². The summed E-state index contributed by atoms with van der Waals surface area (Å²) in [5.74, 6) is 0. The van der Waals surface area contributed by atoms with Gasteiger partial charge in [-0.05, 0) is 28.8 Å². The van der Waals surface area contributed by atoms with Crippen LogP contribution < -0.4 is 5.32 Å². The molecule has 2 rings (SSSR count). The van der Waals surface area contributed by atoms with E-state index in [4.69, 9.17) is 0 Å². The van der Waals surface area contributed by atoms with Crippen LogP contribution >= 0.6 is 11.3 Å². The molecule has 0 bridgehead atoms. The normalized spacial score (nSPS) is 10.8. The third kappa shape index (κ3) is 2.93. The number of aromatic nitrogens is 2. The smallest absolute Gasteiger partial charge is 0.0948 e. The Kier molecular flexibility index (Phi) is 4.13. The Morgan fingerprint density at radius 3 is 3.12 bits per heavy atom. The molecule has 0 aromatic carbocycles. The van der Waals surface area contributed by atoms with E-state index in [0.29, 0.717) is 0 Å². The summed E-state index contributed by atoms with van der Waals surface area (Å²) in [4.78, 5) is 4.18. The molecule has 2 heterocycles. The number of nitrogens with zero attached hydrogens (tertiary/aromatic N) is 2. The summed E-state index contributed by atoms with van der Waals surface area (Å²) in [6.07, 6.45) is 5.00. The molecule has 0 aliphatic carbocycles. The number of hydrogen-bond acceptors (Lipinski definition) is 3. The van der Waals surface area contributed by atoms with Crippen LogP contribution in [0, 0.1) is 0 Å². The summed E-state index contributed by atoms with van der Waals surface area (Å²) in [5, 5.41) is 7.72. The lowest BCUT2D eigenvalue weighted by molar-refractivity contribution is 0.601. The van der Waals surface area contributed by atoms with Crippen molar-refractivity contribution >= 4 is 11.3 Å². The van der Waals surface area contributed by atoms with E-state index in [1.54, 1.807) is 11.3 Å². The van der Waals surface area contributed by atoms with Gasteiger partial charge in [-0.2, -0.15) is 11.3 Å². The Morgan fingerprint density at radius 2 is 2.38 bits per heavy atom. The molecule has 0 spiro atoms. The molecule has 0 saturated carbocycles. The first-order valence-electron chi connectivity index (χ1n) is 5.61. The van der Waals surface area contributed by atoms with Crippen molar-refractivity contribution in [3.63, 3.8) is 0 Å². The van der Waals surface area contributed by atoms with Crippen LogP contribution in [-0.2, 0) is 19.6 Å². The number of aryl methyl sites for hydroxylation is 1. The van der Waals surface area contributed by atoms with Gasteiger partial charge in [0.25, 0.3) is 0 Å². The highest BCUT2D eigenvalue weighted by Crippen LogP contribution is 2.06. The van der Waals surface area contributed by atoms with E-state index in [2.05, 4.69) is 38.6 Å². The van der Waals surface area contributed by atoms with Gasteiger partial charge >= 0.3 is 0 Å². The lowest BCUT2D eigenvalue weighted by Crippen LogP contribution is -2.15. The van der Waals surface area contributed by atoms with E-state index >= 15 is 0 Å². The molecule has 86 valence electrons. The van der Waals surface area contributed by atoms with Crippen molar-refractivity contribution in [1.82, 2.24) is 14.9 Å². The Morgan fingerprint density at radius 1 is 1.44 bits per heavy atom. The standard InChI is InChI=1S/C12H17N3S/c1-2-4-15-10-14-8-12(15)7-13-6-11-3-5-16-9-11/h3,5,8-10,13H,2,4,6-7H2,1H3. The van der Waals surface area contributed by atoms with Crippen molar-refractivity contribution in [2.75, 3.05) is 0 Å². The zero-order chi connectivity index (χ0) is 11.2. The van der Waals surface area contributed by atoms with E-state index < -0.39 is 0 Å². The number of thiophene rings is 1. The minimum atomic E-state index is 0.885. The zero-order valence-corrected chi connectivity index (χ0v) is 10.3. The average molecular weight is 235 g/mol. The summed E-state index contributed by atoms with van der Waals surface area (Å²) in [6, 6.07) is 2.15. The largest absolute Gasteiger partial charge is 0.333 e. The minimum absolute atomic E-state index is 0.885. The molecule has 0 saturated heterocycles. The van der Waals surface area contributed by atoms with E-state index in [1.807, 2.05) is 12.5 Å². The number of imidazole rings is 1. The molecule has 0 radical (unpaired) electrons. The van der Waals surface area contributed by atoms with Gasteiger partial charge in [-0.3, -0.25) is 0 Å². The van der Waals surface area contributed by atoms with Gasteiger partial charge in [0.05, 0.1) is 12.0 Å². The van der Waals surface area contributed by atoms with Crippen LogP contribution in [0.25, 0.3) is 0 Å². The van der Waals surface area contributed by atoms with Gasteiger partial charge < -0.3 is 9.88 Å². The molecule has 2 aromatic heterocycles. The van der Waals surface area contributed by atoms with Crippen LogP contribution in [0.2, 0.25) is 0 Å². The molecule has 0 unspecified atom stereocenters. The highest BCUT2D eigenvalue weighted by molar-refractivity contribution is 7.07. The Balaban J connectivity index is 1.82. The molecule has 1 N–H and O–H groups in total. The SMILES string of the molecule is CCCn1cncc1CNCc1ccsc1. The van der Waals surface area contributed by atoms with Crippen LogP contribution in [0.15, 0.2) is 29.4 Å². The first kappa shape index (κ1) is 11.4. The number of hydrogen-bond donors (Lipinski definition) is 1. The topological polar surface area (TPSA) is 29.9 Å². The highest BCUT2D eigenvalue weighted by atomic mass is 32.1. The number of rotatable bonds is 6. The number of nitrogens with one attached hydrogen (secondary N) is 1. The second-order valence-electron chi connectivity index (χ2n) is 3.81. The molecule has 0 amide bonds. The van der Waals surface area contributed by atoms with Gasteiger partial charge in [0, 0.05) is 25.8 Å². The first-order chi connectivity index (χ1) is 7.90. The van der Waals surface area contributed by atoms with E-state index in [0.717, 1.165) is 26.1 Å².